The fourth-order valence-corrected chi connectivity index (χ4v) is 2.55. The molecule has 17 heavy (non-hydrogen) atoms. The van der Waals surface area contributed by atoms with E-state index < -0.39 is 0 Å². The third kappa shape index (κ3) is 3.02. The van der Waals surface area contributed by atoms with Gasteiger partial charge in [-0.15, -0.1) is 0 Å². The molecule has 2 rings (SSSR count). The molecule has 1 aliphatic carbocycles. The molecular weight excluding hydrogens is 206 g/mol. The Kier molecular flexibility index (Phi) is 3.76. The first-order chi connectivity index (χ1) is 8.06. The van der Waals surface area contributed by atoms with Crippen molar-refractivity contribution >= 4 is 5.69 Å². The number of hydrogen-bond acceptors (Lipinski definition) is 1. The Morgan fingerprint density at radius 3 is 2.41 bits per heavy atom. The summed E-state index contributed by atoms with van der Waals surface area (Å²) in [7, 11) is 0. The van der Waals surface area contributed by atoms with Gasteiger partial charge in [0, 0.05) is 11.7 Å². The van der Waals surface area contributed by atoms with Gasteiger partial charge in [-0.1, -0.05) is 39.8 Å². The van der Waals surface area contributed by atoms with Gasteiger partial charge in [-0.25, -0.2) is 0 Å². The van der Waals surface area contributed by atoms with Crippen molar-refractivity contribution in [3.05, 3.63) is 29.8 Å². The Balaban J connectivity index is 1.90. The van der Waals surface area contributed by atoms with Gasteiger partial charge in [0.05, 0.1) is 0 Å². The van der Waals surface area contributed by atoms with Gasteiger partial charge in [-0.3, -0.25) is 0 Å². The van der Waals surface area contributed by atoms with E-state index >= 15 is 0 Å². The quantitative estimate of drug-likeness (QED) is 0.795. The largest absolute Gasteiger partial charge is 0.382 e. The molecule has 1 aromatic rings. The zero-order valence-corrected chi connectivity index (χ0v) is 11.5. The number of anilines is 1. The second kappa shape index (κ2) is 5.12. The van der Waals surface area contributed by atoms with Crippen LogP contribution in [0.3, 0.4) is 0 Å². The Morgan fingerprint density at radius 1 is 1.12 bits per heavy atom. The van der Waals surface area contributed by atoms with Crippen LogP contribution < -0.4 is 5.32 Å². The molecule has 1 fully saturated rings. The SMILES string of the molecule is CC(C)c1cccc(NC2CC(C(C)C)C2)c1. The van der Waals surface area contributed by atoms with Crippen LogP contribution >= 0.6 is 0 Å². The van der Waals surface area contributed by atoms with E-state index in [4.69, 9.17) is 0 Å². The molecule has 1 heteroatoms. The van der Waals surface area contributed by atoms with Crippen LogP contribution in [0.25, 0.3) is 0 Å². The summed E-state index contributed by atoms with van der Waals surface area (Å²) in [4.78, 5) is 0. The highest BCUT2D eigenvalue weighted by Gasteiger charge is 2.30. The van der Waals surface area contributed by atoms with Crippen LogP contribution in [0.5, 0.6) is 0 Å². The number of benzene rings is 1. The zero-order valence-electron chi connectivity index (χ0n) is 11.5. The minimum Gasteiger partial charge on any atom is -0.382 e. The van der Waals surface area contributed by atoms with Gasteiger partial charge in [0.15, 0.2) is 0 Å². The van der Waals surface area contributed by atoms with E-state index in [0.29, 0.717) is 12.0 Å². The molecule has 0 heterocycles. The van der Waals surface area contributed by atoms with Crippen molar-refractivity contribution < 1.29 is 0 Å². The van der Waals surface area contributed by atoms with Crippen molar-refractivity contribution in [1.82, 2.24) is 0 Å². The summed E-state index contributed by atoms with van der Waals surface area (Å²) in [6.07, 6.45) is 2.67. The summed E-state index contributed by atoms with van der Waals surface area (Å²) in [6, 6.07) is 9.57. The van der Waals surface area contributed by atoms with Crippen LogP contribution in [0.2, 0.25) is 0 Å². The van der Waals surface area contributed by atoms with Crippen molar-refractivity contribution in [3.8, 4) is 0 Å². The van der Waals surface area contributed by atoms with Gasteiger partial charge in [0.2, 0.25) is 0 Å². The van der Waals surface area contributed by atoms with E-state index in [0.717, 1.165) is 11.8 Å². The van der Waals surface area contributed by atoms with Crippen LogP contribution in [0.1, 0.15) is 52.0 Å². The lowest BCUT2D eigenvalue weighted by Gasteiger charge is -2.39. The van der Waals surface area contributed by atoms with Gasteiger partial charge >= 0.3 is 0 Å². The normalized spacial score (nSPS) is 23.9. The molecule has 0 unspecified atom stereocenters. The fraction of sp³-hybridized carbons (Fsp3) is 0.625. The molecule has 0 atom stereocenters. The van der Waals surface area contributed by atoms with Crippen molar-refractivity contribution in [2.45, 2.75) is 52.5 Å². The first kappa shape index (κ1) is 12.5. The lowest BCUT2D eigenvalue weighted by molar-refractivity contribution is 0.212. The Hall–Kier alpha value is -0.980. The van der Waals surface area contributed by atoms with E-state index in [9.17, 15) is 0 Å². The van der Waals surface area contributed by atoms with Crippen molar-refractivity contribution in [2.24, 2.45) is 11.8 Å². The van der Waals surface area contributed by atoms with E-state index in [1.165, 1.54) is 24.1 Å². The summed E-state index contributed by atoms with van der Waals surface area (Å²) in [6.45, 7) is 9.16. The van der Waals surface area contributed by atoms with Gasteiger partial charge in [0.1, 0.15) is 0 Å². The molecule has 1 nitrogen and oxygen atoms in total. The van der Waals surface area contributed by atoms with Crippen molar-refractivity contribution in [3.63, 3.8) is 0 Å². The molecule has 1 N–H and O–H groups in total. The second-order valence-electron chi connectivity index (χ2n) is 6.10. The maximum atomic E-state index is 3.66. The van der Waals surface area contributed by atoms with Gasteiger partial charge in [0.25, 0.3) is 0 Å². The average Bonchev–Trinajstić information content (AvgIpc) is 2.22. The Morgan fingerprint density at radius 2 is 1.82 bits per heavy atom. The minimum absolute atomic E-state index is 0.613. The van der Waals surface area contributed by atoms with E-state index in [2.05, 4.69) is 57.3 Å². The summed E-state index contributed by atoms with van der Waals surface area (Å²) in [5, 5.41) is 3.66. The monoisotopic (exact) mass is 231 g/mol. The third-order valence-electron chi connectivity index (χ3n) is 4.04. The number of hydrogen-bond donors (Lipinski definition) is 1. The van der Waals surface area contributed by atoms with Crippen molar-refractivity contribution in [1.29, 1.82) is 0 Å². The number of rotatable bonds is 4. The van der Waals surface area contributed by atoms with Crippen LogP contribution in [-0.4, -0.2) is 6.04 Å². The highest BCUT2D eigenvalue weighted by molar-refractivity contribution is 5.47. The molecule has 0 spiro atoms. The summed E-state index contributed by atoms with van der Waals surface area (Å²) in [5.74, 6) is 2.39. The average molecular weight is 231 g/mol. The summed E-state index contributed by atoms with van der Waals surface area (Å²) < 4.78 is 0. The van der Waals surface area contributed by atoms with Gasteiger partial charge in [-0.05, 0) is 48.3 Å². The van der Waals surface area contributed by atoms with E-state index in [1.807, 2.05) is 0 Å². The maximum Gasteiger partial charge on any atom is 0.0345 e. The first-order valence-corrected chi connectivity index (χ1v) is 6.92. The van der Waals surface area contributed by atoms with Crippen LogP contribution in [0.4, 0.5) is 5.69 Å². The lowest BCUT2D eigenvalue weighted by atomic mass is 9.73. The predicted octanol–water partition coefficient (Wildman–Crippen LogP) is 4.66. The molecule has 0 bridgehead atoms. The van der Waals surface area contributed by atoms with E-state index in [1.54, 1.807) is 0 Å². The standard InChI is InChI=1S/C16H25N/c1-11(2)13-6-5-7-15(8-13)17-16-9-14(10-16)12(3)4/h5-8,11-12,14,16-17H,9-10H2,1-4H3. The smallest absolute Gasteiger partial charge is 0.0345 e. The highest BCUT2D eigenvalue weighted by atomic mass is 14.9. The third-order valence-corrected chi connectivity index (χ3v) is 4.04. The number of nitrogens with one attached hydrogen (secondary N) is 1. The van der Waals surface area contributed by atoms with Crippen LogP contribution in [0, 0.1) is 11.8 Å². The molecule has 0 radical (unpaired) electrons. The highest BCUT2D eigenvalue weighted by Crippen LogP contribution is 2.35. The zero-order chi connectivity index (χ0) is 12.4. The molecule has 0 aliphatic heterocycles. The maximum absolute atomic E-state index is 3.66. The van der Waals surface area contributed by atoms with Crippen molar-refractivity contribution in [2.75, 3.05) is 5.32 Å². The van der Waals surface area contributed by atoms with Gasteiger partial charge in [-0.2, -0.15) is 0 Å². The summed E-state index contributed by atoms with van der Waals surface area (Å²) >= 11 is 0. The van der Waals surface area contributed by atoms with Crippen LogP contribution in [-0.2, 0) is 0 Å². The molecule has 0 saturated heterocycles. The molecular formula is C16H25N. The topological polar surface area (TPSA) is 12.0 Å². The Labute approximate surface area is 106 Å². The molecule has 1 aromatic carbocycles. The molecule has 94 valence electrons. The molecule has 1 aliphatic rings. The lowest BCUT2D eigenvalue weighted by Crippen LogP contribution is -2.37. The predicted molar refractivity (Wildman–Crippen MR) is 75.5 cm³/mol. The molecule has 0 amide bonds. The minimum atomic E-state index is 0.613. The van der Waals surface area contributed by atoms with Crippen LogP contribution in [0.15, 0.2) is 24.3 Å². The summed E-state index contributed by atoms with van der Waals surface area (Å²) in [5.41, 5.74) is 2.72. The fourth-order valence-electron chi connectivity index (χ4n) is 2.55. The molecule has 1 saturated carbocycles. The Bertz CT molecular complexity index is 362. The second-order valence-corrected chi connectivity index (χ2v) is 6.10. The van der Waals surface area contributed by atoms with Gasteiger partial charge < -0.3 is 5.32 Å². The first-order valence-electron chi connectivity index (χ1n) is 6.92. The van der Waals surface area contributed by atoms with E-state index in [-0.39, 0.29) is 0 Å². The molecule has 0 aromatic heterocycles.